The van der Waals surface area contributed by atoms with Crippen molar-refractivity contribution < 1.29 is 4.74 Å². The summed E-state index contributed by atoms with van der Waals surface area (Å²) in [6.45, 7) is 1.60. The molecule has 1 aromatic rings. The van der Waals surface area contributed by atoms with E-state index >= 15 is 0 Å². The van der Waals surface area contributed by atoms with Gasteiger partial charge in [-0.15, -0.1) is 0 Å². The summed E-state index contributed by atoms with van der Waals surface area (Å²) in [5, 5.41) is 1.37. The molecule has 0 radical (unpaired) electrons. The van der Waals surface area contributed by atoms with E-state index in [2.05, 4.69) is 9.36 Å². The average molecular weight is 191 g/mol. The van der Waals surface area contributed by atoms with Crippen molar-refractivity contribution in [3.8, 4) is 0 Å². The van der Waals surface area contributed by atoms with Gasteiger partial charge in [-0.3, -0.25) is 0 Å². The summed E-state index contributed by atoms with van der Waals surface area (Å²) in [6, 6.07) is 0. The summed E-state index contributed by atoms with van der Waals surface area (Å²) >= 11 is 6.96. The van der Waals surface area contributed by atoms with Crippen LogP contribution in [-0.2, 0) is 4.74 Å². The second-order valence-corrected chi connectivity index (χ2v) is 3.58. The van der Waals surface area contributed by atoms with Gasteiger partial charge in [0.25, 0.3) is 0 Å². The van der Waals surface area contributed by atoms with E-state index in [1.807, 2.05) is 0 Å². The van der Waals surface area contributed by atoms with Crippen LogP contribution in [-0.4, -0.2) is 22.6 Å². The molecule has 1 aliphatic rings. The van der Waals surface area contributed by atoms with E-state index in [9.17, 15) is 0 Å². The zero-order chi connectivity index (χ0) is 7.68. The maximum atomic E-state index is 5.59. The lowest BCUT2D eigenvalue weighted by Crippen LogP contribution is -1.95. The zero-order valence-corrected chi connectivity index (χ0v) is 7.36. The highest BCUT2D eigenvalue weighted by Gasteiger charge is 2.21. The van der Waals surface area contributed by atoms with E-state index in [-0.39, 0.29) is 0 Å². The fourth-order valence-electron chi connectivity index (χ4n) is 1.11. The van der Waals surface area contributed by atoms with Crippen LogP contribution in [0.1, 0.15) is 17.3 Å². The summed E-state index contributed by atoms with van der Waals surface area (Å²) in [6.07, 6.45) is 1.05. The molecular weight excluding hydrogens is 184 g/mol. The van der Waals surface area contributed by atoms with Gasteiger partial charge in [0.15, 0.2) is 0 Å². The van der Waals surface area contributed by atoms with E-state index in [1.165, 1.54) is 11.5 Å². The van der Waals surface area contributed by atoms with Crippen LogP contribution in [0.4, 0.5) is 0 Å². The summed E-state index contributed by atoms with van der Waals surface area (Å²) in [7, 11) is 0. The first-order chi connectivity index (χ1) is 5.36. The first-order valence-electron chi connectivity index (χ1n) is 3.43. The molecule has 1 atom stereocenters. The number of hydrogen-bond acceptors (Lipinski definition) is 4. The van der Waals surface area contributed by atoms with Gasteiger partial charge in [0.1, 0.15) is 5.01 Å². The molecule has 0 N–H and O–H groups in total. The van der Waals surface area contributed by atoms with Gasteiger partial charge in [-0.05, 0) is 29.6 Å². The highest BCUT2D eigenvalue weighted by atomic mass is 35.5. The first kappa shape index (κ1) is 7.46. The highest BCUT2D eigenvalue weighted by molar-refractivity contribution is 7.05. The van der Waals surface area contributed by atoms with Crippen molar-refractivity contribution in [3.05, 3.63) is 10.3 Å². The van der Waals surface area contributed by atoms with Gasteiger partial charge in [0, 0.05) is 12.5 Å². The average Bonchev–Trinajstić information content (AvgIpc) is 2.55. The molecule has 0 saturated carbocycles. The SMILES string of the molecule is Clc1nsc(C2CCOC2)n1. The molecule has 5 heteroatoms. The monoisotopic (exact) mass is 190 g/mol. The van der Waals surface area contributed by atoms with Crippen molar-refractivity contribution in [3.63, 3.8) is 0 Å². The first-order valence-corrected chi connectivity index (χ1v) is 4.58. The summed E-state index contributed by atoms with van der Waals surface area (Å²) in [5.41, 5.74) is 0. The number of nitrogens with zero attached hydrogens (tertiary/aromatic N) is 2. The molecule has 0 amide bonds. The summed E-state index contributed by atoms with van der Waals surface area (Å²) in [4.78, 5) is 4.09. The van der Waals surface area contributed by atoms with Crippen LogP contribution in [0.3, 0.4) is 0 Å². The fourth-order valence-corrected chi connectivity index (χ4v) is 2.03. The lowest BCUT2D eigenvalue weighted by molar-refractivity contribution is 0.194. The molecule has 1 aromatic heterocycles. The largest absolute Gasteiger partial charge is 0.381 e. The standard InChI is InChI=1S/C6H7ClN2OS/c7-6-8-5(11-9-6)4-1-2-10-3-4/h4H,1-3H2. The highest BCUT2D eigenvalue weighted by Crippen LogP contribution is 2.26. The van der Waals surface area contributed by atoms with E-state index in [0.29, 0.717) is 11.2 Å². The predicted molar refractivity (Wildman–Crippen MR) is 43.1 cm³/mol. The molecular formula is C6H7ClN2OS. The van der Waals surface area contributed by atoms with Gasteiger partial charge < -0.3 is 4.74 Å². The molecule has 0 aliphatic carbocycles. The molecule has 11 heavy (non-hydrogen) atoms. The fraction of sp³-hybridized carbons (Fsp3) is 0.667. The second-order valence-electron chi connectivity index (χ2n) is 2.46. The van der Waals surface area contributed by atoms with Gasteiger partial charge in [0.2, 0.25) is 5.28 Å². The minimum atomic E-state index is 0.358. The Morgan fingerprint density at radius 2 is 2.55 bits per heavy atom. The Balaban J connectivity index is 2.15. The summed E-state index contributed by atoms with van der Waals surface area (Å²) < 4.78 is 9.12. The number of aromatic nitrogens is 2. The van der Waals surface area contributed by atoms with Crippen LogP contribution in [0.15, 0.2) is 0 Å². The number of rotatable bonds is 1. The Kier molecular flexibility index (Phi) is 2.07. The number of hydrogen-bond donors (Lipinski definition) is 0. The van der Waals surface area contributed by atoms with Crippen LogP contribution in [0.5, 0.6) is 0 Å². The lowest BCUT2D eigenvalue weighted by atomic mass is 10.1. The van der Waals surface area contributed by atoms with Crippen LogP contribution in [0, 0.1) is 0 Å². The van der Waals surface area contributed by atoms with E-state index in [4.69, 9.17) is 16.3 Å². The van der Waals surface area contributed by atoms with Crippen LogP contribution in [0.2, 0.25) is 5.28 Å². The predicted octanol–water partition coefficient (Wildman–Crippen LogP) is 1.70. The molecule has 60 valence electrons. The third-order valence-electron chi connectivity index (χ3n) is 1.70. The zero-order valence-electron chi connectivity index (χ0n) is 5.79. The van der Waals surface area contributed by atoms with Crippen molar-refractivity contribution in [2.45, 2.75) is 12.3 Å². The number of ether oxygens (including phenoxy) is 1. The molecule has 2 rings (SSSR count). The molecule has 0 aromatic carbocycles. The Morgan fingerprint density at radius 1 is 1.64 bits per heavy atom. The molecule has 1 unspecified atom stereocenters. The Labute approximate surface area is 73.5 Å². The van der Waals surface area contributed by atoms with Crippen LogP contribution >= 0.6 is 23.1 Å². The molecule has 0 spiro atoms. The Morgan fingerprint density at radius 3 is 3.09 bits per heavy atom. The maximum Gasteiger partial charge on any atom is 0.234 e. The van der Waals surface area contributed by atoms with Gasteiger partial charge in [-0.1, -0.05) is 0 Å². The minimum absolute atomic E-state index is 0.358. The third-order valence-corrected chi connectivity index (χ3v) is 2.84. The van der Waals surface area contributed by atoms with Gasteiger partial charge in [0.05, 0.1) is 6.61 Å². The summed E-state index contributed by atoms with van der Waals surface area (Å²) in [5.74, 6) is 0.431. The molecule has 2 heterocycles. The van der Waals surface area contributed by atoms with Crippen LogP contribution in [0.25, 0.3) is 0 Å². The Hall–Kier alpha value is -0.190. The van der Waals surface area contributed by atoms with E-state index in [1.54, 1.807) is 0 Å². The molecule has 3 nitrogen and oxygen atoms in total. The second kappa shape index (κ2) is 3.05. The van der Waals surface area contributed by atoms with E-state index < -0.39 is 0 Å². The van der Waals surface area contributed by atoms with Gasteiger partial charge in [-0.25, -0.2) is 4.98 Å². The number of halogens is 1. The molecule has 1 fully saturated rings. The van der Waals surface area contributed by atoms with Gasteiger partial charge >= 0.3 is 0 Å². The molecule has 0 bridgehead atoms. The Bertz CT molecular complexity index is 246. The molecule has 1 aliphatic heterocycles. The minimum Gasteiger partial charge on any atom is -0.381 e. The lowest BCUT2D eigenvalue weighted by Gasteiger charge is -1.98. The van der Waals surface area contributed by atoms with Crippen molar-refractivity contribution in [2.24, 2.45) is 0 Å². The normalized spacial score (nSPS) is 24.3. The van der Waals surface area contributed by atoms with Gasteiger partial charge in [-0.2, -0.15) is 4.37 Å². The van der Waals surface area contributed by atoms with Crippen molar-refractivity contribution in [1.82, 2.24) is 9.36 Å². The topological polar surface area (TPSA) is 35.0 Å². The van der Waals surface area contributed by atoms with Crippen LogP contribution < -0.4 is 0 Å². The smallest absolute Gasteiger partial charge is 0.234 e. The van der Waals surface area contributed by atoms with Crippen molar-refractivity contribution in [1.29, 1.82) is 0 Å². The third kappa shape index (κ3) is 1.52. The van der Waals surface area contributed by atoms with E-state index in [0.717, 1.165) is 24.6 Å². The van der Waals surface area contributed by atoms with Crippen molar-refractivity contribution >= 4 is 23.1 Å². The quantitative estimate of drug-likeness (QED) is 0.676. The van der Waals surface area contributed by atoms with Crippen molar-refractivity contribution in [2.75, 3.05) is 13.2 Å². The molecule has 1 saturated heterocycles. The maximum absolute atomic E-state index is 5.59.